The van der Waals surface area contributed by atoms with E-state index < -0.39 is 0 Å². The Balaban J connectivity index is 3.21. The van der Waals surface area contributed by atoms with Crippen LogP contribution in [-0.2, 0) is 6.42 Å². The monoisotopic (exact) mass is 252 g/mol. The summed E-state index contributed by atoms with van der Waals surface area (Å²) in [5.41, 5.74) is 1.16. The Hall–Kier alpha value is 0.280. The van der Waals surface area contributed by atoms with Gasteiger partial charge in [0.2, 0.25) is 0 Å². The normalized spacial score (nSPS) is 10.2. The Labute approximate surface area is 84.6 Å². The number of rotatable bonds is 1. The molecule has 0 atom stereocenters. The van der Waals surface area contributed by atoms with E-state index in [0.29, 0.717) is 10.0 Å². The van der Waals surface area contributed by atoms with E-state index in [0.717, 1.165) is 16.5 Å². The molecule has 11 heavy (non-hydrogen) atoms. The number of hydrogen-bond acceptors (Lipinski definition) is 0. The van der Waals surface area contributed by atoms with Crippen LogP contribution >= 0.6 is 39.1 Å². The van der Waals surface area contributed by atoms with Crippen molar-refractivity contribution >= 4 is 39.1 Å². The van der Waals surface area contributed by atoms with Crippen molar-refractivity contribution in [3.63, 3.8) is 0 Å². The first-order valence-electron chi connectivity index (χ1n) is 3.28. The van der Waals surface area contributed by atoms with Gasteiger partial charge in [0, 0.05) is 0 Å². The average Bonchev–Trinajstić information content (AvgIpc) is 1.99. The Kier molecular flexibility index (Phi) is 3.23. The van der Waals surface area contributed by atoms with Crippen LogP contribution in [-0.4, -0.2) is 0 Å². The molecule has 0 heterocycles. The third-order valence-electron chi connectivity index (χ3n) is 1.45. The Morgan fingerprint density at radius 3 is 2.09 bits per heavy atom. The van der Waals surface area contributed by atoms with Crippen LogP contribution in [0.15, 0.2) is 16.6 Å². The zero-order chi connectivity index (χ0) is 8.43. The lowest BCUT2D eigenvalue weighted by Crippen LogP contribution is -1.81. The van der Waals surface area contributed by atoms with Crippen molar-refractivity contribution in [2.24, 2.45) is 0 Å². The Morgan fingerprint density at radius 1 is 1.27 bits per heavy atom. The van der Waals surface area contributed by atoms with Crippen molar-refractivity contribution in [3.8, 4) is 0 Å². The van der Waals surface area contributed by atoms with Gasteiger partial charge >= 0.3 is 0 Å². The summed E-state index contributed by atoms with van der Waals surface area (Å²) in [6.45, 7) is 2.07. The van der Waals surface area contributed by atoms with Gasteiger partial charge in [-0.1, -0.05) is 30.1 Å². The van der Waals surface area contributed by atoms with Crippen molar-refractivity contribution in [1.29, 1.82) is 0 Å². The van der Waals surface area contributed by atoms with E-state index in [-0.39, 0.29) is 0 Å². The highest BCUT2D eigenvalue weighted by molar-refractivity contribution is 9.10. The molecule has 0 radical (unpaired) electrons. The number of halogens is 3. The summed E-state index contributed by atoms with van der Waals surface area (Å²) in [7, 11) is 0. The molecule has 0 N–H and O–H groups in total. The molecule has 0 spiro atoms. The van der Waals surface area contributed by atoms with Crippen LogP contribution in [0.5, 0.6) is 0 Å². The number of benzene rings is 1. The molecule has 1 aromatic carbocycles. The fourth-order valence-corrected chi connectivity index (χ4v) is 1.57. The predicted molar refractivity (Wildman–Crippen MR) is 53.5 cm³/mol. The highest BCUT2D eigenvalue weighted by Crippen LogP contribution is 2.31. The first kappa shape index (κ1) is 9.37. The van der Waals surface area contributed by atoms with Gasteiger partial charge in [-0.05, 0) is 40.0 Å². The summed E-state index contributed by atoms with van der Waals surface area (Å²) < 4.78 is 0.776. The zero-order valence-electron chi connectivity index (χ0n) is 6.00. The molecule has 3 heteroatoms. The molecule has 0 amide bonds. The summed E-state index contributed by atoms with van der Waals surface area (Å²) in [6.07, 6.45) is 0.951. The highest BCUT2D eigenvalue weighted by Gasteiger charge is 2.03. The minimum absolute atomic E-state index is 0.675. The average molecular weight is 254 g/mol. The van der Waals surface area contributed by atoms with Gasteiger partial charge in [0.05, 0.1) is 14.5 Å². The predicted octanol–water partition coefficient (Wildman–Crippen LogP) is 4.32. The largest absolute Gasteiger partial charge is 0.0830 e. The molecule has 0 saturated heterocycles. The molecule has 0 aliphatic rings. The van der Waals surface area contributed by atoms with E-state index >= 15 is 0 Å². The highest BCUT2D eigenvalue weighted by atomic mass is 79.9. The molecular formula is C8H7BrCl2. The molecule has 1 aromatic rings. The van der Waals surface area contributed by atoms with Crippen LogP contribution in [0.25, 0.3) is 0 Å². The maximum absolute atomic E-state index is 5.87. The second kappa shape index (κ2) is 3.79. The molecule has 0 fully saturated rings. The molecule has 0 unspecified atom stereocenters. The summed E-state index contributed by atoms with van der Waals surface area (Å²) >= 11 is 15.0. The summed E-state index contributed by atoms with van der Waals surface area (Å²) in [6, 6.07) is 3.83. The number of aryl methyl sites for hydroxylation is 1. The van der Waals surface area contributed by atoms with Crippen LogP contribution in [0.3, 0.4) is 0 Å². The summed E-state index contributed by atoms with van der Waals surface area (Å²) in [5, 5.41) is 1.35. The topological polar surface area (TPSA) is 0 Å². The Bertz CT molecular complexity index is 248. The molecule has 0 saturated carbocycles. The molecule has 0 aromatic heterocycles. The summed E-state index contributed by atoms with van der Waals surface area (Å²) in [5.74, 6) is 0. The lowest BCUT2D eigenvalue weighted by atomic mass is 10.2. The molecule has 0 aliphatic carbocycles. The van der Waals surface area contributed by atoms with Crippen LogP contribution < -0.4 is 0 Å². The van der Waals surface area contributed by atoms with Gasteiger partial charge in [0.1, 0.15) is 0 Å². The lowest BCUT2D eigenvalue weighted by Gasteiger charge is -2.02. The molecule has 0 bridgehead atoms. The number of hydrogen-bond donors (Lipinski definition) is 0. The van der Waals surface area contributed by atoms with E-state index in [1.165, 1.54) is 0 Å². The molecular weight excluding hydrogens is 247 g/mol. The van der Waals surface area contributed by atoms with E-state index in [4.69, 9.17) is 23.2 Å². The smallest absolute Gasteiger partial charge is 0.0565 e. The van der Waals surface area contributed by atoms with Crippen LogP contribution in [0.2, 0.25) is 10.0 Å². The second-order valence-electron chi connectivity index (χ2n) is 2.23. The lowest BCUT2D eigenvalue weighted by molar-refractivity contribution is 1.14. The van der Waals surface area contributed by atoms with Gasteiger partial charge in [-0.15, -0.1) is 0 Å². The molecule has 1 rings (SSSR count). The maximum Gasteiger partial charge on any atom is 0.0565 e. The van der Waals surface area contributed by atoms with Crippen molar-refractivity contribution in [2.45, 2.75) is 13.3 Å². The molecule has 60 valence electrons. The van der Waals surface area contributed by atoms with Gasteiger partial charge in [0.15, 0.2) is 0 Å². The van der Waals surface area contributed by atoms with E-state index in [1.54, 1.807) is 0 Å². The first-order valence-corrected chi connectivity index (χ1v) is 4.83. The van der Waals surface area contributed by atoms with E-state index in [2.05, 4.69) is 22.9 Å². The van der Waals surface area contributed by atoms with E-state index in [1.807, 2.05) is 12.1 Å². The van der Waals surface area contributed by atoms with Gasteiger partial charge in [-0.3, -0.25) is 0 Å². The van der Waals surface area contributed by atoms with Crippen LogP contribution in [0, 0.1) is 0 Å². The van der Waals surface area contributed by atoms with Crippen LogP contribution in [0.1, 0.15) is 12.5 Å². The molecule has 0 aliphatic heterocycles. The van der Waals surface area contributed by atoms with Gasteiger partial charge in [-0.2, -0.15) is 0 Å². The first-order chi connectivity index (χ1) is 5.15. The fraction of sp³-hybridized carbons (Fsp3) is 0.250. The standard InChI is InChI=1S/C8H7BrCl2/c1-2-5-3-6(10)8(9)7(11)4-5/h3-4H,2H2,1H3. The third kappa shape index (κ3) is 2.11. The van der Waals surface area contributed by atoms with Crippen molar-refractivity contribution in [2.75, 3.05) is 0 Å². The Morgan fingerprint density at radius 2 is 1.73 bits per heavy atom. The second-order valence-corrected chi connectivity index (χ2v) is 3.83. The fourth-order valence-electron chi connectivity index (χ4n) is 0.812. The molecule has 0 nitrogen and oxygen atoms in total. The van der Waals surface area contributed by atoms with Gasteiger partial charge < -0.3 is 0 Å². The van der Waals surface area contributed by atoms with Crippen molar-refractivity contribution in [1.82, 2.24) is 0 Å². The minimum atomic E-state index is 0.675. The van der Waals surface area contributed by atoms with Crippen LogP contribution in [0.4, 0.5) is 0 Å². The van der Waals surface area contributed by atoms with E-state index in [9.17, 15) is 0 Å². The minimum Gasteiger partial charge on any atom is -0.0830 e. The van der Waals surface area contributed by atoms with Gasteiger partial charge in [-0.25, -0.2) is 0 Å². The van der Waals surface area contributed by atoms with Crippen molar-refractivity contribution in [3.05, 3.63) is 32.2 Å². The van der Waals surface area contributed by atoms with Gasteiger partial charge in [0.25, 0.3) is 0 Å². The quantitative estimate of drug-likeness (QED) is 0.654. The third-order valence-corrected chi connectivity index (χ3v) is 3.36. The summed E-state index contributed by atoms with van der Waals surface area (Å²) in [4.78, 5) is 0. The zero-order valence-corrected chi connectivity index (χ0v) is 9.09. The SMILES string of the molecule is CCc1cc(Cl)c(Br)c(Cl)c1. The maximum atomic E-state index is 5.87. The van der Waals surface area contributed by atoms with Crippen molar-refractivity contribution < 1.29 is 0 Å².